The average molecular weight is 131 g/mol. The molecule has 1 aliphatic rings. The van der Waals surface area contributed by atoms with Gasteiger partial charge in [0, 0.05) is 19.1 Å². The quantitative estimate of drug-likeness (QED) is 0.327. The standard InChI is InChI=1S/C5H13N3O/c6-5-2-7-1-4(3-9)8-5/h4-5,7-9H,1-3,6H2. The molecule has 0 aliphatic carbocycles. The fourth-order valence-corrected chi connectivity index (χ4v) is 0.951. The van der Waals surface area contributed by atoms with Crippen LogP contribution in [0.3, 0.4) is 0 Å². The first-order valence-electron chi connectivity index (χ1n) is 3.16. The number of hydrogen-bond acceptors (Lipinski definition) is 4. The number of aliphatic hydroxyl groups excluding tert-OH is 1. The van der Waals surface area contributed by atoms with E-state index in [0.717, 1.165) is 13.1 Å². The fourth-order valence-electron chi connectivity index (χ4n) is 0.951. The summed E-state index contributed by atoms with van der Waals surface area (Å²) in [6.45, 7) is 1.75. The van der Waals surface area contributed by atoms with E-state index in [9.17, 15) is 0 Å². The molecule has 0 radical (unpaired) electrons. The Balaban J connectivity index is 2.23. The van der Waals surface area contributed by atoms with Crippen molar-refractivity contribution in [2.75, 3.05) is 19.7 Å². The van der Waals surface area contributed by atoms with Crippen LogP contribution >= 0.6 is 0 Å². The van der Waals surface area contributed by atoms with Gasteiger partial charge in [-0.1, -0.05) is 0 Å². The Kier molecular flexibility index (Phi) is 2.41. The van der Waals surface area contributed by atoms with E-state index < -0.39 is 0 Å². The van der Waals surface area contributed by atoms with Crippen LogP contribution in [0.1, 0.15) is 0 Å². The minimum atomic E-state index is -0.00380. The van der Waals surface area contributed by atoms with E-state index in [1.165, 1.54) is 0 Å². The summed E-state index contributed by atoms with van der Waals surface area (Å²) in [6, 6.07) is 0.133. The van der Waals surface area contributed by atoms with Gasteiger partial charge in [-0.3, -0.25) is 5.32 Å². The third-order valence-corrected chi connectivity index (χ3v) is 1.43. The molecule has 2 atom stereocenters. The SMILES string of the molecule is NC1CNCC(CO)N1. The maximum Gasteiger partial charge on any atom is 0.0678 e. The molecule has 0 aromatic rings. The molecule has 1 fully saturated rings. The first-order chi connectivity index (χ1) is 4.33. The summed E-state index contributed by atoms with van der Waals surface area (Å²) in [4.78, 5) is 0. The highest BCUT2D eigenvalue weighted by atomic mass is 16.3. The lowest BCUT2D eigenvalue weighted by molar-refractivity contribution is 0.208. The smallest absolute Gasteiger partial charge is 0.0678 e. The van der Waals surface area contributed by atoms with Crippen LogP contribution in [-0.2, 0) is 0 Å². The van der Waals surface area contributed by atoms with Crippen molar-refractivity contribution in [3.05, 3.63) is 0 Å². The van der Waals surface area contributed by atoms with Crippen LogP contribution in [0.25, 0.3) is 0 Å². The zero-order chi connectivity index (χ0) is 6.69. The van der Waals surface area contributed by atoms with E-state index in [1.807, 2.05) is 0 Å². The highest BCUT2D eigenvalue weighted by Crippen LogP contribution is 1.86. The van der Waals surface area contributed by atoms with Gasteiger partial charge in [-0.25, -0.2) is 0 Å². The number of aliphatic hydroxyl groups is 1. The minimum absolute atomic E-state index is 0.00380. The van der Waals surface area contributed by atoms with Crippen molar-refractivity contribution in [2.24, 2.45) is 5.73 Å². The van der Waals surface area contributed by atoms with Crippen molar-refractivity contribution in [3.63, 3.8) is 0 Å². The summed E-state index contributed by atoms with van der Waals surface area (Å²) in [5.41, 5.74) is 5.52. The molecule has 0 amide bonds. The highest BCUT2D eigenvalue weighted by molar-refractivity contribution is 4.78. The molecule has 1 aliphatic heterocycles. The van der Waals surface area contributed by atoms with Crippen LogP contribution in [-0.4, -0.2) is 37.0 Å². The van der Waals surface area contributed by atoms with Crippen molar-refractivity contribution in [3.8, 4) is 0 Å². The van der Waals surface area contributed by atoms with Crippen LogP contribution in [0.15, 0.2) is 0 Å². The molecule has 9 heavy (non-hydrogen) atoms. The second-order valence-electron chi connectivity index (χ2n) is 2.31. The van der Waals surface area contributed by atoms with Gasteiger partial charge in [0.05, 0.1) is 12.8 Å². The van der Waals surface area contributed by atoms with Gasteiger partial charge in [-0.2, -0.15) is 0 Å². The third-order valence-electron chi connectivity index (χ3n) is 1.43. The summed E-state index contributed by atoms with van der Waals surface area (Å²) < 4.78 is 0. The molecule has 0 spiro atoms. The number of hydrogen-bond donors (Lipinski definition) is 4. The lowest BCUT2D eigenvalue weighted by Crippen LogP contribution is -2.59. The minimum Gasteiger partial charge on any atom is -0.395 e. The molecule has 0 bridgehead atoms. The van der Waals surface area contributed by atoms with Crippen LogP contribution in [0, 0.1) is 0 Å². The van der Waals surface area contributed by atoms with E-state index >= 15 is 0 Å². The molecule has 0 saturated carbocycles. The lowest BCUT2D eigenvalue weighted by atomic mass is 10.2. The number of nitrogens with two attached hydrogens (primary N) is 1. The fraction of sp³-hybridized carbons (Fsp3) is 1.00. The average Bonchev–Trinajstić information content (AvgIpc) is 1.88. The van der Waals surface area contributed by atoms with E-state index in [0.29, 0.717) is 0 Å². The Morgan fingerprint density at radius 2 is 2.33 bits per heavy atom. The molecule has 5 N–H and O–H groups in total. The summed E-state index contributed by atoms with van der Waals surface area (Å²) in [7, 11) is 0. The van der Waals surface area contributed by atoms with Crippen LogP contribution < -0.4 is 16.4 Å². The van der Waals surface area contributed by atoms with Crippen molar-refractivity contribution in [2.45, 2.75) is 12.2 Å². The van der Waals surface area contributed by atoms with Crippen molar-refractivity contribution in [1.29, 1.82) is 0 Å². The number of rotatable bonds is 1. The Bertz CT molecular complexity index is 88.3. The van der Waals surface area contributed by atoms with Crippen molar-refractivity contribution in [1.82, 2.24) is 10.6 Å². The molecule has 0 aromatic heterocycles. The molecule has 2 unspecified atom stereocenters. The molecule has 4 heteroatoms. The molecular weight excluding hydrogens is 118 g/mol. The molecule has 4 nitrogen and oxygen atoms in total. The van der Waals surface area contributed by atoms with E-state index in [1.54, 1.807) is 0 Å². The van der Waals surface area contributed by atoms with Crippen molar-refractivity contribution < 1.29 is 5.11 Å². The topological polar surface area (TPSA) is 70.3 Å². The van der Waals surface area contributed by atoms with E-state index in [2.05, 4.69) is 10.6 Å². The first-order valence-corrected chi connectivity index (χ1v) is 3.16. The zero-order valence-corrected chi connectivity index (χ0v) is 5.30. The highest BCUT2D eigenvalue weighted by Gasteiger charge is 2.15. The second kappa shape index (κ2) is 3.12. The molecule has 1 heterocycles. The van der Waals surface area contributed by atoms with Gasteiger partial charge in [-0.05, 0) is 0 Å². The zero-order valence-electron chi connectivity index (χ0n) is 5.30. The second-order valence-corrected chi connectivity index (χ2v) is 2.31. The predicted molar refractivity (Wildman–Crippen MR) is 34.9 cm³/mol. The third kappa shape index (κ3) is 1.91. The predicted octanol–water partition coefficient (Wildman–Crippen LogP) is -2.18. The monoisotopic (exact) mass is 131 g/mol. The van der Waals surface area contributed by atoms with Crippen LogP contribution in [0.4, 0.5) is 0 Å². The molecule has 0 aromatic carbocycles. The molecule has 54 valence electrons. The van der Waals surface area contributed by atoms with E-state index in [4.69, 9.17) is 10.8 Å². The Morgan fingerprint density at radius 1 is 1.56 bits per heavy atom. The van der Waals surface area contributed by atoms with Gasteiger partial charge in [0.15, 0.2) is 0 Å². The van der Waals surface area contributed by atoms with Gasteiger partial charge >= 0.3 is 0 Å². The molecule has 1 saturated heterocycles. The summed E-state index contributed by atoms with van der Waals surface area (Å²) in [5.74, 6) is 0. The summed E-state index contributed by atoms with van der Waals surface area (Å²) >= 11 is 0. The van der Waals surface area contributed by atoms with Gasteiger partial charge < -0.3 is 16.2 Å². The van der Waals surface area contributed by atoms with Gasteiger partial charge in [0.2, 0.25) is 0 Å². The number of piperazine rings is 1. The van der Waals surface area contributed by atoms with Crippen LogP contribution in [0.2, 0.25) is 0 Å². The lowest BCUT2D eigenvalue weighted by Gasteiger charge is -2.27. The Morgan fingerprint density at radius 3 is 2.78 bits per heavy atom. The van der Waals surface area contributed by atoms with E-state index in [-0.39, 0.29) is 18.8 Å². The van der Waals surface area contributed by atoms with Gasteiger partial charge in [0.1, 0.15) is 0 Å². The van der Waals surface area contributed by atoms with Crippen LogP contribution in [0.5, 0.6) is 0 Å². The Hall–Kier alpha value is -0.160. The molecule has 1 rings (SSSR count). The summed E-state index contributed by atoms with van der Waals surface area (Å²) in [5, 5.41) is 14.8. The normalized spacial score (nSPS) is 36.7. The summed E-state index contributed by atoms with van der Waals surface area (Å²) in [6.07, 6.45) is -0.00380. The Labute approximate surface area is 54.4 Å². The first kappa shape index (κ1) is 6.95. The number of nitrogens with one attached hydrogen (secondary N) is 2. The largest absolute Gasteiger partial charge is 0.395 e. The van der Waals surface area contributed by atoms with Crippen molar-refractivity contribution >= 4 is 0 Å². The maximum atomic E-state index is 8.65. The van der Waals surface area contributed by atoms with Gasteiger partial charge in [0.25, 0.3) is 0 Å². The maximum absolute atomic E-state index is 8.65. The van der Waals surface area contributed by atoms with Gasteiger partial charge in [-0.15, -0.1) is 0 Å². The molecular formula is C5H13N3O.